The molecule has 1 heterocycles. The zero-order valence-electron chi connectivity index (χ0n) is 16.8. The molecule has 0 fully saturated rings. The molecule has 0 saturated carbocycles. The number of aryl methyl sites for hydroxylation is 1. The van der Waals surface area contributed by atoms with Crippen LogP contribution in [0.4, 0.5) is 0 Å². The smallest absolute Gasteiger partial charge is 0.354 e. The summed E-state index contributed by atoms with van der Waals surface area (Å²) in [5.74, 6) is -2.86. The highest BCUT2D eigenvalue weighted by Gasteiger charge is 2.23. The Morgan fingerprint density at radius 2 is 1.90 bits per heavy atom. The second-order valence-corrected chi connectivity index (χ2v) is 7.47. The molecule has 0 aliphatic carbocycles. The van der Waals surface area contributed by atoms with Gasteiger partial charge in [-0.2, -0.15) is 5.10 Å². The Hall–Kier alpha value is -2.87. The number of aliphatic carboxylic acids is 1. The second-order valence-electron chi connectivity index (χ2n) is 7.07. The standard InChI is InChI=1S/C21H26ClN3O5/c1-2-3-4-7-10-25-18(21(29)30)13-17(24-25)20(28)23-15(12-19(26)27)11-14-8-5-6-9-16(14)22/h5-6,8-9,13,15H,2-4,7,10-12H2,1H3,(H,23,28)(H,26,27)(H,29,30)/t15-/m1/s1. The van der Waals surface area contributed by atoms with E-state index in [1.54, 1.807) is 24.3 Å². The van der Waals surface area contributed by atoms with E-state index in [9.17, 15) is 24.6 Å². The lowest BCUT2D eigenvalue weighted by Crippen LogP contribution is -2.38. The van der Waals surface area contributed by atoms with Crippen molar-refractivity contribution in [2.45, 2.75) is 58.0 Å². The Balaban J connectivity index is 2.14. The number of hydrogen-bond acceptors (Lipinski definition) is 4. The number of nitrogens with one attached hydrogen (secondary N) is 1. The van der Waals surface area contributed by atoms with E-state index < -0.39 is 23.9 Å². The van der Waals surface area contributed by atoms with Crippen molar-refractivity contribution in [1.82, 2.24) is 15.1 Å². The normalized spacial score (nSPS) is 11.8. The van der Waals surface area contributed by atoms with E-state index in [1.165, 1.54) is 10.7 Å². The highest BCUT2D eigenvalue weighted by atomic mass is 35.5. The fraction of sp³-hybridized carbons (Fsp3) is 0.429. The molecule has 0 spiro atoms. The average molecular weight is 436 g/mol. The number of carbonyl (C=O) groups is 3. The molecule has 1 atom stereocenters. The Bertz CT molecular complexity index is 897. The van der Waals surface area contributed by atoms with Crippen LogP contribution >= 0.6 is 11.6 Å². The molecule has 2 aromatic rings. The number of hydrogen-bond donors (Lipinski definition) is 3. The van der Waals surface area contributed by atoms with Crippen molar-refractivity contribution in [1.29, 1.82) is 0 Å². The highest BCUT2D eigenvalue weighted by Crippen LogP contribution is 2.18. The van der Waals surface area contributed by atoms with Crippen molar-refractivity contribution >= 4 is 29.4 Å². The first-order valence-electron chi connectivity index (χ1n) is 9.89. The minimum atomic E-state index is -1.17. The van der Waals surface area contributed by atoms with E-state index in [0.717, 1.165) is 25.7 Å². The number of amides is 1. The molecular weight excluding hydrogens is 410 g/mol. The quantitative estimate of drug-likeness (QED) is 0.437. The Labute approximate surface area is 179 Å². The van der Waals surface area contributed by atoms with Gasteiger partial charge in [-0.3, -0.25) is 14.3 Å². The van der Waals surface area contributed by atoms with Gasteiger partial charge in [0.1, 0.15) is 5.69 Å². The topological polar surface area (TPSA) is 122 Å². The molecule has 0 aliphatic rings. The van der Waals surface area contributed by atoms with Crippen molar-refractivity contribution in [2.24, 2.45) is 0 Å². The van der Waals surface area contributed by atoms with Crippen LogP contribution in [0.3, 0.4) is 0 Å². The molecule has 0 unspecified atom stereocenters. The summed E-state index contributed by atoms with van der Waals surface area (Å²) in [6.07, 6.45) is 3.70. The van der Waals surface area contributed by atoms with Gasteiger partial charge in [0.25, 0.3) is 5.91 Å². The minimum Gasteiger partial charge on any atom is -0.481 e. The SMILES string of the molecule is CCCCCCn1nc(C(=O)N[C@@H](CC(=O)O)Cc2ccccc2Cl)cc1C(=O)O. The summed E-state index contributed by atoms with van der Waals surface area (Å²) in [4.78, 5) is 35.4. The zero-order valence-corrected chi connectivity index (χ0v) is 17.6. The summed E-state index contributed by atoms with van der Waals surface area (Å²) < 4.78 is 1.31. The van der Waals surface area contributed by atoms with Crippen LogP contribution in [0.25, 0.3) is 0 Å². The first kappa shape index (κ1) is 23.4. The molecule has 2 rings (SSSR count). The molecule has 9 heteroatoms. The number of aromatic nitrogens is 2. The lowest BCUT2D eigenvalue weighted by atomic mass is 10.0. The first-order chi connectivity index (χ1) is 14.3. The Kier molecular flexibility index (Phi) is 8.86. The fourth-order valence-electron chi connectivity index (χ4n) is 3.13. The van der Waals surface area contributed by atoms with Crippen molar-refractivity contribution in [2.75, 3.05) is 0 Å². The van der Waals surface area contributed by atoms with Gasteiger partial charge < -0.3 is 15.5 Å². The van der Waals surface area contributed by atoms with Gasteiger partial charge in [-0.1, -0.05) is 56.0 Å². The average Bonchev–Trinajstić information content (AvgIpc) is 3.11. The van der Waals surface area contributed by atoms with Gasteiger partial charge in [0, 0.05) is 23.7 Å². The molecule has 1 aromatic heterocycles. The number of unbranched alkanes of at least 4 members (excludes halogenated alkanes) is 3. The lowest BCUT2D eigenvalue weighted by molar-refractivity contribution is -0.137. The third kappa shape index (κ3) is 6.88. The molecule has 0 bridgehead atoms. The lowest BCUT2D eigenvalue weighted by Gasteiger charge is -2.17. The summed E-state index contributed by atoms with van der Waals surface area (Å²) in [6.45, 7) is 2.47. The van der Waals surface area contributed by atoms with E-state index in [1.807, 2.05) is 0 Å². The van der Waals surface area contributed by atoms with Crippen LogP contribution in [-0.4, -0.2) is 43.9 Å². The Morgan fingerprint density at radius 1 is 1.17 bits per heavy atom. The molecule has 0 radical (unpaired) electrons. The van der Waals surface area contributed by atoms with E-state index in [-0.39, 0.29) is 24.2 Å². The number of rotatable bonds is 12. The fourth-order valence-corrected chi connectivity index (χ4v) is 3.35. The Morgan fingerprint density at radius 3 is 2.53 bits per heavy atom. The number of benzene rings is 1. The summed E-state index contributed by atoms with van der Waals surface area (Å²) in [5.41, 5.74) is 0.577. The number of carboxylic acid groups (broad SMARTS) is 2. The third-order valence-corrected chi connectivity index (χ3v) is 5.00. The van der Waals surface area contributed by atoms with E-state index >= 15 is 0 Å². The number of carboxylic acids is 2. The van der Waals surface area contributed by atoms with Gasteiger partial charge in [0.15, 0.2) is 5.69 Å². The molecular formula is C21H26ClN3O5. The summed E-state index contributed by atoms with van der Waals surface area (Å²) >= 11 is 6.15. The van der Waals surface area contributed by atoms with E-state index in [0.29, 0.717) is 17.1 Å². The number of aromatic carboxylic acids is 1. The van der Waals surface area contributed by atoms with E-state index in [4.69, 9.17) is 11.6 Å². The van der Waals surface area contributed by atoms with Crippen molar-refractivity contribution in [3.63, 3.8) is 0 Å². The summed E-state index contributed by atoms with van der Waals surface area (Å²) in [5, 5.41) is 25.9. The molecule has 8 nitrogen and oxygen atoms in total. The van der Waals surface area contributed by atoms with Crippen LogP contribution in [0.1, 0.15) is 65.6 Å². The predicted molar refractivity (Wildman–Crippen MR) is 112 cm³/mol. The molecule has 0 aliphatic heterocycles. The molecule has 3 N–H and O–H groups in total. The molecule has 30 heavy (non-hydrogen) atoms. The minimum absolute atomic E-state index is 0.0579. The van der Waals surface area contributed by atoms with E-state index in [2.05, 4.69) is 17.3 Å². The van der Waals surface area contributed by atoms with Crippen LogP contribution in [-0.2, 0) is 17.8 Å². The van der Waals surface area contributed by atoms with Gasteiger partial charge in [-0.15, -0.1) is 0 Å². The molecule has 1 aromatic carbocycles. The van der Waals surface area contributed by atoms with Gasteiger partial charge in [0.05, 0.1) is 6.42 Å². The number of carbonyl (C=O) groups excluding carboxylic acids is 1. The van der Waals surface area contributed by atoms with Crippen LogP contribution < -0.4 is 5.32 Å². The molecule has 1 amide bonds. The zero-order chi connectivity index (χ0) is 22.1. The molecule has 0 saturated heterocycles. The van der Waals surface area contributed by atoms with Crippen LogP contribution in [0.2, 0.25) is 5.02 Å². The first-order valence-corrected chi connectivity index (χ1v) is 10.3. The summed E-state index contributed by atoms with van der Waals surface area (Å²) in [6, 6.07) is 7.48. The molecule has 162 valence electrons. The maximum Gasteiger partial charge on any atom is 0.354 e. The van der Waals surface area contributed by atoms with Crippen LogP contribution in [0.15, 0.2) is 30.3 Å². The van der Waals surface area contributed by atoms with Crippen molar-refractivity contribution < 1.29 is 24.6 Å². The monoisotopic (exact) mass is 435 g/mol. The third-order valence-electron chi connectivity index (χ3n) is 4.64. The van der Waals surface area contributed by atoms with Crippen LogP contribution in [0.5, 0.6) is 0 Å². The van der Waals surface area contributed by atoms with Crippen LogP contribution in [0, 0.1) is 0 Å². The highest BCUT2D eigenvalue weighted by molar-refractivity contribution is 6.31. The van der Waals surface area contributed by atoms with Gasteiger partial charge in [-0.05, 0) is 24.5 Å². The summed E-state index contributed by atoms with van der Waals surface area (Å²) in [7, 11) is 0. The maximum absolute atomic E-state index is 12.7. The maximum atomic E-state index is 12.7. The van der Waals surface area contributed by atoms with Gasteiger partial charge in [0.2, 0.25) is 0 Å². The van der Waals surface area contributed by atoms with Crippen molar-refractivity contribution in [3.05, 3.63) is 52.3 Å². The number of nitrogens with zero attached hydrogens (tertiary/aromatic N) is 2. The van der Waals surface area contributed by atoms with Gasteiger partial charge >= 0.3 is 11.9 Å². The largest absolute Gasteiger partial charge is 0.481 e. The second kappa shape index (κ2) is 11.3. The predicted octanol–water partition coefficient (Wildman–Crippen LogP) is 3.63. The van der Waals surface area contributed by atoms with Crippen molar-refractivity contribution in [3.8, 4) is 0 Å². The van der Waals surface area contributed by atoms with Gasteiger partial charge in [-0.25, -0.2) is 4.79 Å². The number of halogens is 1.